The molecule has 0 aliphatic rings. The van der Waals surface area contributed by atoms with E-state index < -0.39 is 5.91 Å². The van der Waals surface area contributed by atoms with Gasteiger partial charge in [-0.05, 0) is 19.9 Å². The summed E-state index contributed by atoms with van der Waals surface area (Å²) in [5.74, 6) is 0.901. The SMILES string of the molecule is CCNc1nc(NCCOCC(N)=O)c2cc(C)sc2n1. The number of nitrogens with zero attached hydrogens (tertiary/aromatic N) is 2. The van der Waals surface area contributed by atoms with Crippen molar-refractivity contribution in [3.05, 3.63) is 10.9 Å². The zero-order valence-electron chi connectivity index (χ0n) is 12.1. The molecular weight excluding hydrogens is 290 g/mol. The first-order valence-electron chi connectivity index (χ1n) is 6.72. The van der Waals surface area contributed by atoms with Crippen molar-refractivity contribution in [1.82, 2.24) is 9.97 Å². The van der Waals surface area contributed by atoms with E-state index in [9.17, 15) is 4.79 Å². The molecule has 0 bridgehead atoms. The fourth-order valence-electron chi connectivity index (χ4n) is 1.83. The first kappa shape index (κ1) is 15.5. The van der Waals surface area contributed by atoms with Gasteiger partial charge in [0.25, 0.3) is 0 Å². The van der Waals surface area contributed by atoms with Gasteiger partial charge < -0.3 is 21.1 Å². The topological polar surface area (TPSA) is 102 Å². The largest absolute Gasteiger partial charge is 0.370 e. The molecule has 4 N–H and O–H groups in total. The van der Waals surface area contributed by atoms with E-state index >= 15 is 0 Å². The molecule has 8 heteroatoms. The highest BCUT2D eigenvalue weighted by Gasteiger charge is 2.10. The molecular formula is C13H19N5O2S. The van der Waals surface area contributed by atoms with E-state index in [2.05, 4.69) is 26.7 Å². The Hall–Kier alpha value is -1.93. The smallest absolute Gasteiger partial charge is 0.243 e. The monoisotopic (exact) mass is 309 g/mol. The van der Waals surface area contributed by atoms with Crippen LogP contribution in [0.2, 0.25) is 0 Å². The van der Waals surface area contributed by atoms with Crippen molar-refractivity contribution in [3.63, 3.8) is 0 Å². The maximum Gasteiger partial charge on any atom is 0.243 e. The molecule has 2 aromatic rings. The lowest BCUT2D eigenvalue weighted by molar-refractivity contribution is -0.122. The standard InChI is InChI=1S/C13H19N5O2S/c1-3-15-13-17-11(16-4-5-20-7-10(14)19)9-6-8(2)21-12(9)18-13/h6H,3-5,7H2,1-2H3,(H2,14,19)(H2,15,16,17,18). The molecule has 0 spiro atoms. The number of thiophene rings is 1. The third-order valence-corrected chi connectivity index (χ3v) is 3.58. The van der Waals surface area contributed by atoms with Gasteiger partial charge in [-0.3, -0.25) is 4.79 Å². The molecule has 2 heterocycles. The van der Waals surface area contributed by atoms with Crippen LogP contribution in [0.3, 0.4) is 0 Å². The predicted octanol–water partition coefficient (Wildman–Crippen LogP) is 1.35. The Balaban J connectivity index is 2.07. The Morgan fingerprint density at radius 3 is 2.95 bits per heavy atom. The van der Waals surface area contributed by atoms with Gasteiger partial charge in [-0.25, -0.2) is 4.98 Å². The van der Waals surface area contributed by atoms with Crippen LogP contribution >= 0.6 is 11.3 Å². The number of fused-ring (bicyclic) bond motifs is 1. The molecule has 0 atom stereocenters. The van der Waals surface area contributed by atoms with E-state index in [0.717, 1.165) is 22.6 Å². The maximum atomic E-state index is 10.6. The third-order valence-electron chi connectivity index (χ3n) is 2.63. The highest BCUT2D eigenvalue weighted by molar-refractivity contribution is 7.18. The number of hydrogen-bond acceptors (Lipinski definition) is 7. The third kappa shape index (κ3) is 4.27. The fraction of sp³-hybridized carbons (Fsp3) is 0.462. The van der Waals surface area contributed by atoms with Gasteiger partial charge in [0.2, 0.25) is 11.9 Å². The Morgan fingerprint density at radius 1 is 1.43 bits per heavy atom. The number of ether oxygens (including phenoxy) is 1. The van der Waals surface area contributed by atoms with Gasteiger partial charge in [0.05, 0.1) is 12.0 Å². The molecule has 2 aromatic heterocycles. The van der Waals surface area contributed by atoms with Crippen molar-refractivity contribution in [2.24, 2.45) is 5.73 Å². The molecule has 0 aliphatic heterocycles. The summed E-state index contributed by atoms with van der Waals surface area (Å²) in [6, 6.07) is 2.06. The molecule has 0 aliphatic carbocycles. The van der Waals surface area contributed by atoms with Crippen LogP contribution in [-0.4, -0.2) is 42.2 Å². The first-order chi connectivity index (χ1) is 10.1. The van der Waals surface area contributed by atoms with Crippen molar-refractivity contribution in [2.45, 2.75) is 13.8 Å². The summed E-state index contributed by atoms with van der Waals surface area (Å²) in [4.78, 5) is 21.6. The number of rotatable bonds is 8. The highest BCUT2D eigenvalue weighted by Crippen LogP contribution is 2.29. The quantitative estimate of drug-likeness (QED) is 0.636. The lowest BCUT2D eigenvalue weighted by Gasteiger charge is -2.09. The normalized spacial score (nSPS) is 10.8. The van der Waals surface area contributed by atoms with E-state index in [1.54, 1.807) is 11.3 Å². The fourth-order valence-corrected chi connectivity index (χ4v) is 2.71. The molecule has 0 saturated carbocycles. The van der Waals surface area contributed by atoms with Gasteiger partial charge in [-0.1, -0.05) is 0 Å². The van der Waals surface area contributed by atoms with E-state index in [0.29, 0.717) is 19.1 Å². The summed E-state index contributed by atoms with van der Waals surface area (Å²) in [5.41, 5.74) is 5.00. The zero-order chi connectivity index (χ0) is 15.2. The minimum atomic E-state index is -0.470. The zero-order valence-corrected chi connectivity index (χ0v) is 12.9. The van der Waals surface area contributed by atoms with E-state index in [4.69, 9.17) is 10.5 Å². The number of nitrogens with two attached hydrogens (primary N) is 1. The molecule has 21 heavy (non-hydrogen) atoms. The summed E-state index contributed by atoms with van der Waals surface area (Å²) >= 11 is 1.63. The summed E-state index contributed by atoms with van der Waals surface area (Å²) < 4.78 is 5.12. The van der Waals surface area contributed by atoms with Gasteiger partial charge in [0.15, 0.2) is 0 Å². The number of hydrogen-bond donors (Lipinski definition) is 3. The molecule has 0 aromatic carbocycles. The Kier molecular flexibility index (Phi) is 5.29. The second-order valence-electron chi connectivity index (χ2n) is 4.45. The van der Waals surface area contributed by atoms with Crippen molar-refractivity contribution in [3.8, 4) is 0 Å². The Bertz CT molecular complexity index is 628. The highest BCUT2D eigenvalue weighted by atomic mass is 32.1. The molecule has 2 rings (SSSR count). The lowest BCUT2D eigenvalue weighted by atomic mass is 10.3. The number of carbonyl (C=O) groups excluding carboxylic acids is 1. The van der Waals surface area contributed by atoms with E-state index in [1.807, 2.05) is 13.8 Å². The van der Waals surface area contributed by atoms with Gasteiger partial charge in [0, 0.05) is 18.0 Å². The number of carbonyl (C=O) groups is 1. The number of aromatic nitrogens is 2. The van der Waals surface area contributed by atoms with Crippen LogP contribution in [0.15, 0.2) is 6.07 Å². The molecule has 0 fully saturated rings. The van der Waals surface area contributed by atoms with E-state index in [-0.39, 0.29) is 6.61 Å². The molecule has 0 unspecified atom stereocenters. The molecule has 7 nitrogen and oxygen atoms in total. The average Bonchev–Trinajstić information content (AvgIpc) is 2.78. The van der Waals surface area contributed by atoms with Gasteiger partial charge in [-0.15, -0.1) is 11.3 Å². The van der Waals surface area contributed by atoms with Crippen molar-refractivity contribution < 1.29 is 9.53 Å². The average molecular weight is 309 g/mol. The van der Waals surface area contributed by atoms with Crippen LogP contribution in [0.1, 0.15) is 11.8 Å². The van der Waals surface area contributed by atoms with Crippen LogP contribution in [0.4, 0.5) is 11.8 Å². The number of anilines is 2. The number of nitrogens with one attached hydrogen (secondary N) is 2. The number of aryl methyl sites for hydroxylation is 1. The summed E-state index contributed by atoms with van der Waals surface area (Å²) in [6.45, 7) is 5.66. The Labute approximate surface area is 126 Å². The van der Waals surface area contributed by atoms with Crippen LogP contribution < -0.4 is 16.4 Å². The van der Waals surface area contributed by atoms with Crippen molar-refractivity contribution >= 4 is 39.2 Å². The maximum absolute atomic E-state index is 10.6. The molecule has 0 radical (unpaired) electrons. The number of primary amides is 1. The predicted molar refractivity (Wildman–Crippen MR) is 84.8 cm³/mol. The second kappa shape index (κ2) is 7.19. The van der Waals surface area contributed by atoms with Crippen LogP contribution in [0.5, 0.6) is 0 Å². The van der Waals surface area contributed by atoms with E-state index in [1.165, 1.54) is 4.88 Å². The molecule has 0 saturated heterocycles. The minimum absolute atomic E-state index is 0.0684. The first-order valence-corrected chi connectivity index (χ1v) is 7.53. The number of amides is 1. The summed E-state index contributed by atoms with van der Waals surface area (Å²) in [7, 11) is 0. The Morgan fingerprint density at radius 2 is 2.24 bits per heavy atom. The molecule has 114 valence electrons. The van der Waals surface area contributed by atoms with Gasteiger partial charge in [-0.2, -0.15) is 4.98 Å². The molecule has 1 amide bonds. The van der Waals surface area contributed by atoms with Crippen molar-refractivity contribution in [2.75, 3.05) is 36.9 Å². The lowest BCUT2D eigenvalue weighted by Crippen LogP contribution is -2.20. The second-order valence-corrected chi connectivity index (χ2v) is 5.68. The van der Waals surface area contributed by atoms with Gasteiger partial charge >= 0.3 is 0 Å². The van der Waals surface area contributed by atoms with Crippen molar-refractivity contribution in [1.29, 1.82) is 0 Å². The summed E-state index contributed by atoms with van der Waals surface area (Å²) in [5, 5.41) is 7.32. The van der Waals surface area contributed by atoms with Crippen LogP contribution in [0, 0.1) is 6.92 Å². The van der Waals surface area contributed by atoms with Crippen LogP contribution in [-0.2, 0) is 9.53 Å². The van der Waals surface area contributed by atoms with Crippen LogP contribution in [0.25, 0.3) is 10.2 Å². The van der Waals surface area contributed by atoms with Gasteiger partial charge in [0.1, 0.15) is 17.3 Å². The minimum Gasteiger partial charge on any atom is -0.370 e. The summed E-state index contributed by atoms with van der Waals surface area (Å²) in [6.07, 6.45) is 0.